The zero-order valence-corrected chi connectivity index (χ0v) is 26.3. The van der Waals surface area contributed by atoms with Crippen LogP contribution >= 0.6 is 22.7 Å². The molecule has 0 unspecified atom stereocenters. The molecule has 0 atom stereocenters. The Morgan fingerprint density at radius 3 is 1.91 bits per heavy atom. The first-order valence-corrected chi connectivity index (χ1v) is 17.1. The van der Waals surface area contributed by atoms with Gasteiger partial charge in [0.05, 0.1) is 31.8 Å². The Bertz CT molecular complexity index is 2640. The van der Waals surface area contributed by atoms with Crippen molar-refractivity contribution in [3.8, 4) is 33.6 Å². The minimum atomic E-state index is 0.900. The van der Waals surface area contributed by atoms with Crippen molar-refractivity contribution < 1.29 is 0 Å². The van der Waals surface area contributed by atoms with Gasteiger partial charge in [-0.05, 0) is 69.8 Å². The van der Waals surface area contributed by atoms with Crippen molar-refractivity contribution in [1.82, 2.24) is 9.97 Å². The number of thiophene rings is 2. The lowest BCUT2D eigenvalue weighted by Crippen LogP contribution is -1.99. The van der Waals surface area contributed by atoms with E-state index in [2.05, 4.69) is 120 Å². The number of hydrogen-bond acceptors (Lipinski definition) is 4. The molecule has 3 aromatic heterocycles. The highest BCUT2D eigenvalue weighted by atomic mass is 32.1. The van der Waals surface area contributed by atoms with Crippen LogP contribution in [0.5, 0.6) is 0 Å². The number of hydrogen-bond donors (Lipinski definition) is 1. The molecule has 5 heteroatoms. The van der Waals surface area contributed by atoms with E-state index in [0.717, 1.165) is 40.2 Å². The molecule has 1 aliphatic heterocycles. The number of rotatable bonds is 4. The van der Waals surface area contributed by atoms with Gasteiger partial charge in [0.15, 0.2) is 0 Å². The Hall–Kier alpha value is -5.36. The molecule has 0 radical (unpaired) electrons. The van der Waals surface area contributed by atoms with Crippen LogP contribution in [0.2, 0.25) is 0 Å². The fraction of sp³-hybridized carbons (Fsp3) is 0.0244. The maximum absolute atomic E-state index is 4.87. The van der Waals surface area contributed by atoms with Gasteiger partial charge in [0.25, 0.3) is 0 Å². The first kappa shape index (κ1) is 25.9. The number of benzene rings is 6. The van der Waals surface area contributed by atoms with E-state index in [4.69, 9.17) is 9.98 Å². The minimum Gasteiger partial charge on any atom is -0.338 e. The monoisotopic (exact) mass is 623 g/mol. The van der Waals surface area contributed by atoms with Crippen molar-refractivity contribution in [3.05, 3.63) is 145 Å². The number of aromatic nitrogens is 2. The number of aromatic amines is 1. The Kier molecular flexibility index (Phi) is 5.68. The fourth-order valence-electron chi connectivity index (χ4n) is 6.71. The zero-order chi connectivity index (χ0) is 30.2. The van der Waals surface area contributed by atoms with Crippen molar-refractivity contribution >= 4 is 74.7 Å². The predicted octanol–water partition coefficient (Wildman–Crippen LogP) is 11.8. The molecule has 6 aromatic carbocycles. The number of aliphatic imine (C=N–C) groups is 1. The molecule has 0 saturated heterocycles. The number of imidazole rings is 1. The highest BCUT2D eigenvalue weighted by Gasteiger charge is 2.17. The van der Waals surface area contributed by atoms with E-state index >= 15 is 0 Å². The third-order valence-corrected chi connectivity index (χ3v) is 11.6. The SMILES string of the molecule is c1cc(-c2ccc3c(c2)sc2c4ccc(-c5ccc(C6=Nc7ccccc7C6)cc5)cc4sc32)cc(-c2nc3ccccc3[nH]2)c1. The molecule has 0 bridgehead atoms. The third-order valence-electron chi connectivity index (χ3n) is 9.10. The zero-order valence-electron chi connectivity index (χ0n) is 24.6. The summed E-state index contributed by atoms with van der Waals surface area (Å²) in [6, 6.07) is 48.0. The van der Waals surface area contributed by atoms with Gasteiger partial charge in [-0.2, -0.15) is 0 Å². The van der Waals surface area contributed by atoms with Gasteiger partial charge in [0, 0.05) is 32.2 Å². The van der Waals surface area contributed by atoms with E-state index in [1.54, 1.807) is 0 Å². The molecule has 0 spiro atoms. The van der Waals surface area contributed by atoms with E-state index in [9.17, 15) is 0 Å². The molecule has 216 valence electrons. The molecular formula is C41H25N3S2. The highest BCUT2D eigenvalue weighted by Crippen LogP contribution is 2.46. The third kappa shape index (κ3) is 4.17. The van der Waals surface area contributed by atoms with Gasteiger partial charge < -0.3 is 4.98 Å². The van der Waals surface area contributed by atoms with Gasteiger partial charge in [-0.25, -0.2) is 4.98 Å². The molecule has 46 heavy (non-hydrogen) atoms. The summed E-state index contributed by atoms with van der Waals surface area (Å²) in [6.45, 7) is 0. The topological polar surface area (TPSA) is 41.0 Å². The van der Waals surface area contributed by atoms with Crippen LogP contribution < -0.4 is 0 Å². The van der Waals surface area contributed by atoms with Crippen LogP contribution in [0.4, 0.5) is 5.69 Å². The van der Waals surface area contributed by atoms with E-state index in [1.807, 2.05) is 40.9 Å². The van der Waals surface area contributed by atoms with Gasteiger partial charge in [0.1, 0.15) is 5.82 Å². The van der Waals surface area contributed by atoms with Crippen molar-refractivity contribution in [3.63, 3.8) is 0 Å². The molecule has 0 saturated carbocycles. The molecule has 1 N–H and O–H groups in total. The van der Waals surface area contributed by atoms with E-state index < -0.39 is 0 Å². The molecule has 0 fully saturated rings. The lowest BCUT2D eigenvalue weighted by Gasteiger charge is -2.05. The second-order valence-electron chi connectivity index (χ2n) is 11.9. The van der Waals surface area contributed by atoms with Crippen molar-refractivity contribution in [1.29, 1.82) is 0 Å². The van der Waals surface area contributed by atoms with Gasteiger partial charge in [-0.15, -0.1) is 22.7 Å². The minimum absolute atomic E-state index is 0.900. The highest BCUT2D eigenvalue weighted by molar-refractivity contribution is 7.36. The average Bonchev–Trinajstić information content (AvgIpc) is 3.89. The van der Waals surface area contributed by atoms with E-state index in [1.165, 1.54) is 63.0 Å². The maximum atomic E-state index is 4.87. The van der Waals surface area contributed by atoms with Gasteiger partial charge >= 0.3 is 0 Å². The number of nitrogens with zero attached hydrogens (tertiary/aromatic N) is 2. The lowest BCUT2D eigenvalue weighted by atomic mass is 9.99. The van der Waals surface area contributed by atoms with Crippen molar-refractivity contribution in [2.24, 2.45) is 4.99 Å². The number of H-pyrrole nitrogens is 1. The fourth-order valence-corrected chi connectivity index (χ4v) is 9.44. The second kappa shape index (κ2) is 10.1. The standard InChI is InChI=1S/C41H25N3S2/c1-2-9-33-29(6-1)21-36(42-33)25-14-12-24(13-15-25)27-16-18-31-37(22-27)45-40-32-19-17-28(23-38(32)46-39(31)40)26-7-5-8-30(20-26)41-43-34-10-3-4-11-35(34)44-41/h1-20,22-23H,21H2,(H,43,44). The number of nitrogens with one attached hydrogen (secondary N) is 1. The van der Waals surface area contributed by atoms with Gasteiger partial charge in [-0.3, -0.25) is 4.99 Å². The summed E-state index contributed by atoms with van der Waals surface area (Å²) < 4.78 is 5.42. The summed E-state index contributed by atoms with van der Waals surface area (Å²) in [4.78, 5) is 13.2. The molecule has 1 aliphatic rings. The Morgan fingerprint density at radius 1 is 0.522 bits per heavy atom. The summed E-state index contributed by atoms with van der Waals surface area (Å²) in [6.07, 6.45) is 0.901. The molecule has 9 aromatic rings. The molecule has 0 amide bonds. The molecular weight excluding hydrogens is 599 g/mol. The van der Waals surface area contributed by atoms with Crippen LogP contribution in [0, 0.1) is 0 Å². The lowest BCUT2D eigenvalue weighted by molar-refractivity contribution is 1.34. The summed E-state index contributed by atoms with van der Waals surface area (Å²) in [5.74, 6) is 0.900. The first-order valence-electron chi connectivity index (χ1n) is 15.4. The van der Waals surface area contributed by atoms with Crippen LogP contribution in [0.1, 0.15) is 11.1 Å². The molecule has 0 aliphatic carbocycles. The predicted molar refractivity (Wildman–Crippen MR) is 197 cm³/mol. The first-order chi connectivity index (χ1) is 22.7. The van der Waals surface area contributed by atoms with Crippen molar-refractivity contribution in [2.75, 3.05) is 0 Å². The number of fused-ring (bicyclic) bond motifs is 7. The largest absolute Gasteiger partial charge is 0.338 e. The summed E-state index contributed by atoms with van der Waals surface area (Å²) in [5, 5.41) is 2.68. The van der Waals surface area contributed by atoms with E-state index in [-0.39, 0.29) is 0 Å². The van der Waals surface area contributed by atoms with Crippen molar-refractivity contribution in [2.45, 2.75) is 6.42 Å². The maximum Gasteiger partial charge on any atom is 0.138 e. The van der Waals surface area contributed by atoms with Gasteiger partial charge in [0.2, 0.25) is 0 Å². The Labute approximate surface area is 273 Å². The van der Waals surface area contributed by atoms with Gasteiger partial charge in [-0.1, -0.05) is 97.1 Å². The number of para-hydroxylation sites is 3. The Balaban J connectivity index is 0.962. The summed E-state index contributed by atoms with van der Waals surface area (Å²) >= 11 is 3.81. The summed E-state index contributed by atoms with van der Waals surface area (Å²) in [7, 11) is 0. The van der Waals surface area contributed by atoms with Crippen LogP contribution in [0.25, 0.3) is 74.2 Å². The van der Waals surface area contributed by atoms with Crippen LogP contribution in [-0.4, -0.2) is 15.7 Å². The molecule has 10 rings (SSSR count). The normalized spacial score (nSPS) is 12.8. The van der Waals surface area contributed by atoms with Crippen LogP contribution in [-0.2, 0) is 6.42 Å². The molecule has 3 nitrogen and oxygen atoms in total. The Morgan fingerprint density at radius 2 is 1.15 bits per heavy atom. The van der Waals surface area contributed by atoms with E-state index in [0.29, 0.717) is 0 Å². The second-order valence-corrected chi connectivity index (χ2v) is 14.0. The quantitative estimate of drug-likeness (QED) is 0.208. The smallest absolute Gasteiger partial charge is 0.138 e. The van der Waals surface area contributed by atoms with Crippen LogP contribution in [0.15, 0.2) is 138 Å². The van der Waals surface area contributed by atoms with Crippen LogP contribution in [0.3, 0.4) is 0 Å². The average molecular weight is 624 g/mol. The molecule has 4 heterocycles. The summed E-state index contributed by atoms with van der Waals surface area (Å²) in [5.41, 5.74) is 12.8.